The Morgan fingerprint density at radius 2 is 1.57 bits per heavy atom. The van der Waals surface area contributed by atoms with E-state index in [1.54, 1.807) is 65.4 Å². The standard InChI is InChI=1S/C36H38N4O6/c1-25-11-7-8-18-32(25)39(3)34(42)24-46-31-17-10-16-30(21-31)40(23-26(2)28-13-5-4-6-14-28)33(41)22-37-36(45)38-29-15-9-12-27(19-29)20-35(43)44/h4-19,21,26H,20,22-24H2,1-3H3,(H,43,44)(H2,37,38,45). The van der Waals surface area contributed by atoms with Crippen LogP contribution in [-0.4, -0.2) is 55.7 Å². The van der Waals surface area contributed by atoms with E-state index >= 15 is 0 Å². The fourth-order valence-corrected chi connectivity index (χ4v) is 4.93. The lowest BCUT2D eigenvalue weighted by Gasteiger charge is -2.27. The summed E-state index contributed by atoms with van der Waals surface area (Å²) in [5, 5.41) is 14.3. The van der Waals surface area contributed by atoms with E-state index in [-0.39, 0.29) is 37.3 Å². The Hall–Kier alpha value is -5.64. The zero-order valence-corrected chi connectivity index (χ0v) is 26.1. The summed E-state index contributed by atoms with van der Waals surface area (Å²) < 4.78 is 5.86. The van der Waals surface area contributed by atoms with Gasteiger partial charge in [0.05, 0.1) is 13.0 Å². The largest absolute Gasteiger partial charge is 0.484 e. The van der Waals surface area contributed by atoms with Crippen molar-refractivity contribution in [3.05, 3.63) is 120 Å². The molecule has 0 fully saturated rings. The number of urea groups is 1. The molecule has 1 unspecified atom stereocenters. The molecule has 0 aromatic heterocycles. The summed E-state index contributed by atoms with van der Waals surface area (Å²) >= 11 is 0. The van der Waals surface area contributed by atoms with E-state index in [2.05, 4.69) is 10.6 Å². The molecule has 4 amide bonds. The topological polar surface area (TPSA) is 128 Å². The summed E-state index contributed by atoms with van der Waals surface area (Å²) in [7, 11) is 1.70. The van der Waals surface area contributed by atoms with Gasteiger partial charge in [-0.05, 0) is 59.9 Å². The molecule has 1 atom stereocenters. The molecule has 0 bridgehead atoms. The summed E-state index contributed by atoms with van der Waals surface area (Å²) in [6, 6.07) is 30.2. The van der Waals surface area contributed by atoms with Gasteiger partial charge in [0.2, 0.25) is 5.91 Å². The average molecular weight is 623 g/mol. The first kappa shape index (κ1) is 33.3. The lowest BCUT2D eigenvalue weighted by Crippen LogP contribution is -2.43. The Morgan fingerprint density at radius 1 is 0.848 bits per heavy atom. The van der Waals surface area contributed by atoms with Crippen molar-refractivity contribution in [3.8, 4) is 5.75 Å². The van der Waals surface area contributed by atoms with Crippen molar-refractivity contribution in [2.24, 2.45) is 0 Å². The highest BCUT2D eigenvalue weighted by molar-refractivity contribution is 5.99. The van der Waals surface area contributed by atoms with Crippen LogP contribution in [0.25, 0.3) is 0 Å². The molecule has 0 aliphatic heterocycles. The number of carboxylic acids is 1. The van der Waals surface area contributed by atoms with Crippen LogP contribution in [0.5, 0.6) is 5.75 Å². The number of carbonyl (C=O) groups is 4. The summed E-state index contributed by atoms with van der Waals surface area (Å²) in [5.41, 5.74) is 4.30. The highest BCUT2D eigenvalue weighted by Crippen LogP contribution is 2.26. The number of rotatable bonds is 13. The summed E-state index contributed by atoms with van der Waals surface area (Å²) in [6.07, 6.45) is -0.176. The number of aliphatic carboxylic acids is 1. The van der Waals surface area contributed by atoms with Gasteiger partial charge in [-0.1, -0.05) is 73.7 Å². The average Bonchev–Trinajstić information content (AvgIpc) is 3.05. The molecular formula is C36H38N4O6. The fraction of sp³-hybridized carbons (Fsp3) is 0.222. The number of nitrogens with one attached hydrogen (secondary N) is 2. The van der Waals surface area contributed by atoms with Gasteiger partial charge >= 0.3 is 12.0 Å². The van der Waals surface area contributed by atoms with Gasteiger partial charge in [0.1, 0.15) is 5.75 Å². The van der Waals surface area contributed by atoms with Crippen LogP contribution in [0.1, 0.15) is 29.5 Å². The number of carboxylic acid groups (broad SMARTS) is 1. The first-order valence-electron chi connectivity index (χ1n) is 14.9. The van der Waals surface area contributed by atoms with Crippen molar-refractivity contribution >= 4 is 40.9 Å². The Labute approximate surface area is 268 Å². The second-order valence-corrected chi connectivity index (χ2v) is 10.9. The van der Waals surface area contributed by atoms with Gasteiger partial charge in [-0.25, -0.2) is 4.79 Å². The molecule has 0 aliphatic rings. The number of ether oxygens (including phenoxy) is 1. The van der Waals surface area contributed by atoms with E-state index in [0.717, 1.165) is 16.8 Å². The van der Waals surface area contributed by atoms with Crippen molar-refractivity contribution < 1.29 is 29.0 Å². The quantitative estimate of drug-likeness (QED) is 0.178. The number of aryl methyl sites for hydroxylation is 1. The summed E-state index contributed by atoms with van der Waals surface area (Å²) in [6.45, 7) is 3.77. The van der Waals surface area contributed by atoms with Crippen LogP contribution in [0.15, 0.2) is 103 Å². The maximum absolute atomic E-state index is 13.6. The van der Waals surface area contributed by atoms with Crippen molar-refractivity contribution in [2.75, 3.05) is 41.9 Å². The minimum atomic E-state index is -0.979. The fourth-order valence-electron chi connectivity index (χ4n) is 4.93. The zero-order valence-electron chi connectivity index (χ0n) is 26.1. The number of amides is 4. The zero-order chi connectivity index (χ0) is 33.1. The molecule has 0 radical (unpaired) electrons. The van der Waals surface area contributed by atoms with E-state index in [1.165, 1.54) is 0 Å². The molecule has 10 nitrogen and oxygen atoms in total. The highest BCUT2D eigenvalue weighted by atomic mass is 16.5. The molecule has 238 valence electrons. The number of nitrogens with zero attached hydrogens (tertiary/aromatic N) is 2. The van der Waals surface area contributed by atoms with Gasteiger partial charge in [-0.2, -0.15) is 0 Å². The Kier molecular flexibility index (Phi) is 11.5. The third-order valence-corrected chi connectivity index (χ3v) is 7.41. The number of carbonyl (C=O) groups excluding carboxylic acids is 3. The van der Waals surface area contributed by atoms with Crippen LogP contribution in [0.2, 0.25) is 0 Å². The predicted molar refractivity (Wildman–Crippen MR) is 179 cm³/mol. The van der Waals surface area contributed by atoms with Gasteiger partial charge in [0, 0.05) is 36.7 Å². The number of anilines is 3. The molecule has 0 heterocycles. The van der Waals surface area contributed by atoms with Crippen LogP contribution < -0.4 is 25.2 Å². The number of hydrogen-bond acceptors (Lipinski definition) is 5. The van der Waals surface area contributed by atoms with Gasteiger partial charge < -0.3 is 30.3 Å². The van der Waals surface area contributed by atoms with Gasteiger partial charge in [-0.3, -0.25) is 14.4 Å². The van der Waals surface area contributed by atoms with Crippen LogP contribution in [-0.2, 0) is 20.8 Å². The minimum Gasteiger partial charge on any atom is -0.484 e. The second kappa shape index (κ2) is 15.9. The Balaban J connectivity index is 1.45. The number of para-hydroxylation sites is 1. The Morgan fingerprint density at radius 3 is 2.30 bits per heavy atom. The first-order valence-corrected chi connectivity index (χ1v) is 14.9. The van der Waals surface area contributed by atoms with E-state index in [4.69, 9.17) is 9.84 Å². The van der Waals surface area contributed by atoms with Crippen LogP contribution in [0.3, 0.4) is 0 Å². The molecule has 3 N–H and O–H groups in total. The molecule has 46 heavy (non-hydrogen) atoms. The molecular weight excluding hydrogens is 584 g/mol. The maximum Gasteiger partial charge on any atom is 0.319 e. The maximum atomic E-state index is 13.6. The SMILES string of the molecule is Cc1ccccc1N(C)C(=O)COc1cccc(N(CC(C)c2ccccc2)C(=O)CNC(=O)Nc2cccc(CC(=O)O)c2)c1. The van der Waals surface area contributed by atoms with Crippen LogP contribution in [0.4, 0.5) is 21.9 Å². The third-order valence-electron chi connectivity index (χ3n) is 7.41. The predicted octanol–water partition coefficient (Wildman–Crippen LogP) is 5.62. The number of benzene rings is 4. The molecule has 0 saturated carbocycles. The Bertz CT molecular complexity index is 1680. The van der Waals surface area contributed by atoms with Crippen molar-refractivity contribution in [3.63, 3.8) is 0 Å². The van der Waals surface area contributed by atoms with E-state index in [1.807, 2.05) is 68.4 Å². The molecule has 0 saturated heterocycles. The van der Waals surface area contributed by atoms with Crippen LogP contribution in [0, 0.1) is 6.92 Å². The molecule has 4 aromatic carbocycles. The molecule has 0 aliphatic carbocycles. The first-order chi connectivity index (χ1) is 22.1. The number of hydrogen-bond donors (Lipinski definition) is 3. The number of likely N-dealkylation sites (N-methyl/N-ethyl adjacent to an activating group) is 1. The molecule has 10 heteroatoms. The third kappa shape index (κ3) is 9.43. The normalized spacial score (nSPS) is 11.2. The van der Waals surface area contributed by atoms with Gasteiger partial charge in [0.15, 0.2) is 6.61 Å². The van der Waals surface area contributed by atoms with E-state index in [9.17, 15) is 19.2 Å². The van der Waals surface area contributed by atoms with Crippen molar-refractivity contribution in [1.29, 1.82) is 0 Å². The summed E-state index contributed by atoms with van der Waals surface area (Å²) in [4.78, 5) is 53.4. The van der Waals surface area contributed by atoms with Gasteiger partial charge in [-0.15, -0.1) is 0 Å². The molecule has 4 rings (SSSR count). The smallest absolute Gasteiger partial charge is 0.319 e. The van der Waals surface area contributed by atoms with Gasteiger partial charge in [0.25, 0.3) is 5.91 Å². The van der Waals surface area contributed by atoms with E-state index in [0.29, 0.717) is 29.2 Å². The lowest BCUT2D eigenvalue weighted by molar-refractivity contribution is -0.136. The lowest BCUT2D eigenvalue weighted by atomic mass is 10.0. The highest BCUT2D eigenvalue weighted by Gasteiger charge is 2.21. The monoisotopic (exact) mass is 622 g/mol. The second-order valence-electron chi connectivity index (χ2n) is 10.9. The molecule has 4 aromatic rings. The summed E-state index contributed by atoms with van der Waals surface area (Å²) in [5.74, 6) is -1.18. The van der Waals surface area contributed by atoms with Crippen LogP contribution >= 0.6 is 0 Å². The minimum absolute atomic E-state index is 0.0372. The van der Waals surface area contributed by atoms with E-state index < -0.39 is 12.0 Å². The van der Waals surface area contributed by atoms with Crippen molar-refractivity contribution in [2.45, 2.75) is 26.2 Å². The van der Waals surface area contributed by atoms with Crippen molar-refractivity contribution in [1.82, 2.24) is 5.32 Å². The molecule has 0 spiro atoms.